The van der Waals surface area contributed by atoms with Crippen molar-refractivity contribution in [2.24, 2.45) is 0 Å². The normalized spacial score (nSPS) is 9.56. The van der Waals surface area contributed by atoms with Crippen LogP contribution in [0.4, 0.5) is 8.78 Å². The van der Waals surface area contributed by atoms with Crippen LogP contribution in [0.25, 0.3) is 0 Å². The summed E-state index contributed by atoms with van der Waals surface area (Å²) in [6, 6.07) is 13.3. The first-order chi connectivity index (χ1) is 8.65. The van der Waals surface area contributed by atoms with E-state index in [1.807, 2.05) is 26.0 Å². The standard InChI is InChI=1S/2C8H9F/c2*1-2-7-4-3-5-8(9)6-7/h2*3-6H,2H2,1H3. The van der Waals surface area contributed by atoms with E-state index < -0.39 is 0 Å². The second-order valence-corrected chi connectivity index (χ2v) is 3.97. The zero-order chi connectivity index (χ0) is 13.4. The third-order valence-corrected chi connectivity index (χ3v) is 2.59. The molecule has 0 amide bonds. The molecule has 2 aromatic rings. The van der Waals surface area contributed by atoms with Crippen LogP contribution in [-0.4, -0.2) is 0 Å². The van der Waals surface area contributed by atoms with E-state index >= 15 is 0 Å². The Labute approximate surface area is 107 Å². The maximum atomic E-state index is 12.4. The van der Waals surface area contributed by atoms with Crippen LogP contribution in [-0.2, 0) is 12.8 Å². The van der Waals surface area contributed by atoms with Crippen molar-refractivity contribution in [3.05, 3.63) is 71.3 Å². The Bertz CT molecular complexity index is 433. The van der Waals surface area contributed by atoms with Gasteiger partial charge in [-0.2, -0.15) is 0 Å². The summed E-state index contributed by atoms with van der Waals surface area (Å²) < 4.78 is 24.7. The molecular weight excluding hydrogens is 230 g/mol. The molecule has 2 rings (SSSR count). The second kappa shape index (κ2) is 7.59. The van der Waals surface area contributed by atoms with Gasteiger partial charge in [0, 0.05) is 0 Å². The average molecular weight is 248 g/mol. The van der Waals surface area contributed by atoms with Crippen molar-refractivity contribution >= 4 is 0 Å². The molecule has 0 nitrogen and oxygen atoms in total. The van der Waals surface area contributed by atoms with Gasteiger partial charge in [-0.3, -0.25) is 0 Å². The average Bonchev–Trinajstić information content (AvgIpc) is 2.39. The molecule has 0 unspecified atom stereocenters. The summed E-state index contributed by atoms with van der Waals surface area (Å²) in [7, 11) is 0. The molecule has 0 aliphatic heterocycles. The largest absolute Gasteiger partial charge is 0.207 e. The van der Waals surface area contributed by atoms with Crippen LogP contribution in [0.3, 0.4) is 0 Å². The molecule has 0 bridgehead atoms. The maximum absolute atomic E-state index is 12.4. The van der Waals surface area contributed by atoms with Crippen LogP contribution >= 0.6 is 0 Å². The minimum Gasteiger partial charge on any atom is -0.207 e. The lowest BCUT2D eigenvalue weighted by Gasteiger charge is -1.92. The quantitative estimate of drug-likeness (QED) is 0.717. The number of aryl methyl sites for hydroxylation is 2. The molecule has 0 aliphatic rings. The van der Waals surface area contributed by atoms with Gasteiger partial charge in [-0.25, -0.2) is 8.78 Å². The Hall–Kier alpha value is -1.70. The molecule has 0 aliphatic carbocycles. The molecule has 0 fully saturated rings. The zero-order valence-electron chi connectivity index (χ0n) is 10.8. The fourth-order valence-electron chi connectivity index (χ4n) is 1.51. The fraction of sp³-hybridized carbons (Fsp3) is 0.250. The van der Waals surface area contributed by atoms with Gasteiger partial charge in [0.1, 0.15) is 11.6 Å². The van der Waals surface area contributed by atoms with Crippen molar-refractivity contribution in [3.63, 3.8) is 0 Å². The smallest absolute Gasteiger partial charge is 0.123 e. The Morgan fingerprint density at radius 1 is 0.722 bits per heavy atom. The first-order valence-corrected chi connectivity index (χ1v) is 6.14. The van der Waals surface area contributed by atoms with Gasteiger partial charge in [0.15, 0.2) is 0 Å². The zero-order valence-corrected chi connectivity index (χ0v) is 10.8. The van der Waals surface area contributed by atoms with Gasteiger partial charge < -0.3 is 0 Å². The highest BCUT2D eigenvalue weighted by Gasteiger charge is 1.89. The summed E-state index contributed by atoms with van der Waals surface area (Å²) in [5.74, 6) is -0.288. The Morgan fingerprint density at radius 3 is 1.33 bits per heavy atom. The third-order valence-electron chi connectivity index (χ3n) is 2.59. The molecule has 0 heterocycles. The van der Waals surface area contributed by atoms with Crippen molar-refractivity contribution in [2.75, 3.05) is 0 Å². The van der Waals surface area contributed by atoms with Crippen molar-refractivity contribution in [2.45, 2.75) is 26.7 Å². The minimum atomic E-state index is -0.144. The Morgan fingerprint density at radius 2 is 1.11 bits per heavy atom. The molecule has 0 aromatic heterocycles. The van der Waals surface area contributed by atoms with Crippen molar-refractivity contribution in [3.8, 4) is 0 Å². The van der Waals surface area contributed by atoms with Crippen LogP contribution in [0.15, 0.2) is 48.5 Å². The number of hydrogen-bond acceptors (Lipinski definition) is 0. The molecule has 0 atom stereocenters. The van der Waals surface area contributed by atoms with Gasteiger partial charge >= 0.3 is 0 Å². The molecule has 0 saturated heterocycles. The van der Waals surface area contributed by atoms with E-state index in [0.717, 1.165) is 24.0 Å². The minimum absolute atomic E-state index is 0.144. The lowest BCUT2D eigenvalue weighted by atomic mass is 10.2. The Kier molecular flexibility index (Phi) is 6.06. The number of rotatable bonds is 2. The lowest BCUT2D eigenvalue weighted by molar-refractivity contribution is 0.625. The van der Waals surface area contributed by atoms with Crippen LogP contribution < -0.4 is 0 Å². The molecule has 0 saturated carbocycles. The first-order valence-electron chi connectivity index (χ1n) is 6.14. The predicted molar refractivity (Wildman–Crippen MR) is 71.6 cm³/mol. The number of halogens is 2. The molecule has 96 valence electrons. The third kappa shape index (κ3) is 5.09. The van der Waals surface area contributed by atoms with E-state index in [2.05, 4.69) is 0 Å². The highest BCUT2D eigenvalue weighted by molar-refractivity contribution is 5.16. The highest BCUT2D eigenvalue weighted by atomic mass is 19.1. The summed E-state index contributed by atoms with van der Waals surface area (Å²) in [4.78, 5) is 0. The Balaban J connectivity index is 0.000000180. The van der Waals surface area contributed by atoms with Crippen molar-refractivity contribution in [1.29, 1.82) is 0 Å². The summed E-state index contributed by atoms with van der Waals surface area (Å²) >= 11 is 0. The molecule has 2 aromatic carbocycles. The van der Waals surface area contributed by atoms with Gasteiger partial charge in [-0.05, 0) is 48.2 Å². The van der Waals surface area contributed by atoms with Gasteiger partial charge in [-0.1, -0.05) is 38.1 Å². The summed E-state index contributed by atoms with van der Waals surface area (Å²) in [6.07, 6.45) is 1.80. The van der Waals surface area contributed by atoms with Crippen LogP contribution in [0.1, 0.15) is 25.0 Å². The SMILES string of the molecule is CCc1cccc(F)c1.CCc1cccc(F)c1. The van der Waals surface area contributed by atoms with E-state index in [0.29, 0.717) is 0 Å². The fourth-order valence-corrected chi connectivity index (χ4v) is 1.51. The molecule has 2 heteroatoms. The van der Waals surface area contributed by atoms with Crippen molar-refractivity contribution in [1.82, 2.24) is 0 Å². The molecule has 0 radical (unpaired) electrons. The summed E-state index contributed by atoms with van der Waals surface area (Å²) in [6.45, 7) is 4.02. The van der Waals surface area contributed by atoms with Crippen LogP contribution in [0.2, 0.25) is 0 Å². The molecule has 0 N–H and O–H groups in total. The number of benzene rings is 2. The van der Waals surface area contributed by atoms with E-state index in [-0.39, 0.29) is 11.6 Å². The van der Waals surface area contributed by atoms with Gasteiger partial charge in [0.2, 0.25) is 0 Å². The molecule has 18 heavy (non-hydrogen) atoms. The first kappa shape index (κ1) is 14.4. The van der Waals surface area contributed by atoms with Gasteiger partial charge in [-0.15, -0.1) is 0 Å². The van der Waals surface area contributed by atoms with E-state index in [1.54, 1.807) is 24.3 Å². The van der Waals surface area contributed by atoms with Crippen molar-refractivity contribution < 1.29 is 8.78 Å². The van der Waals surface area contributed by atoms with E-state index in [9.17, 15) is 8.78 Å². The lowest BCUT2D eigenvalue weighted by Crippen LogP contribution is -1.79. The van der Waals surface area contributed by atoms with E-state index in [4.69, 9.17) is 0 Å². The van der Waals surface area contributed by atoms with Crippen LogP contribution in [0, 0.1) is 11.6 Å². The summed E-state index contributed by atoms with van der Waals surface area (Å²) in [5, 5.41) is 0. The maximum Gasteiger partial charge on any atom is 0.123 e. The number of hydrogen-bond donors (Lipinski definition) is 0. The van der Waals surface area contributed by atoms with Crippen LogP contribution in [0.5, 0.6) is 0 Å². The van der Waals surface area contributed by atoms with Gasteiger partial charge in [0.25, 0.3) is 0 Å². The highest BCUT2D eigenvalue weighted by Crippen LogP contribution is 2.03. The monoisotopic (exact) mass is 248 g/mol. The second-order valence-electron chi connectivity index (χ2n) is 3.97. The predicted octanol–water partition coefficient (Wildman–Crippen LogP) is 4.78. The topological polar surface area (TPSA) is 0 Å². The summed E-state index contributed by atoms with van der Waals surface area (Å²) in [5.41, 5.74) is 2.10. The molecular formula is C16H18F2. The molecule has 0 spiro atoms. The van der Waals surface area contributed by atoms with Gasteiger partial charge in [0.05, 0.1) is 0 Å². The van der Waals surface area contributed by atoms with E-state index in [1.165, 1.54) is 12.1 Å².